The van der Waals surface area contributed by atoms with Crippen LogP contribution >= 0.6 is 12.2 Å². The fraction of sp³-hybridized carbons (Fsp3) is 0.500. The molecule has 0 aliphatic heterocycles. The molecule has 0 bridgehead atoms. The minimum atomic E-state index is 0.135. The van der Waals surface area contributed by atoms with E-state index in [1.165, 1.54) is 0 Å². The Bertz CT molecular complexity index is 736. The minimum absolute atomic E-state index is 0.135. The third-order valence-electron chi connectivity index (χ3n) is 4.22. The van der Waals surface area contributed by atoms with Gasteiger partial charge in [-0.25, -0.2) is 0 Å². The van der Waals surface area contributed by atoms with E-state index in [-0.39, 0.29) is 5.88 Å². The number of aromatic hydroxyl groups is 1. The molecular weight excluding hydrogens is 334 g/mol. The van der Waals surface area contributed by atoms with E-state index in [0.29, 0.717) is 17.3 Å². The Balaban J connectivity index is 2.30. The van der Waals surface area contributed by atoms with Crippen molar-refractivity contribution >= 4 is 33.9 Å². The number of fused-ring (bicyclic) bond motifs is 1. The van der Waals surface area contributed by atoms with Gasteiger partial charge in [0.1, 0.15) is 0 Å². The van der Waals surface area contributed by atoms with Crippen LogP contribution in [0.5, 0.6) is 5.88 Å². The van der Waals surface area contributed by atoms with E-state index in [4.69, 9.17) is 12.2 Å². The Morgan fingerprint density at radius 3 is 2.64 bits per heavy atom. The van der Waals surface area contributed by atoms with Gasteiger partial charge in [0.2, 0.25) is 11.0 Å². The maximum Gasteiger partial charge on any atom is 0.220 e. The van der Waals surface area contributed by atoms with Gasteiger partial charge in [-0.1, -0.05) is 39.0 Å². The number of rotatable bonds is 8. The lowest BCUT2D eigenvalue weighted by Gasteiger charge is -2.18. The average molecular weight is 362 g/mol. The summed E-state index contributed by atoms with van der Waals surface area (Å²) in [5.41, 5.74) is 1.42. The molecule has 6 nitrogen and oxygen atoms in total. The monoisotopic (exact) mass is 361 g/mol. The first-order valence-electron chi connectivity index (χ1n) is 8.84. The molecule has 0 radical (unpaired) electrons. The number of hydrogen-bond donors (Lipinski definition) is 2. The zero-order valence-corrected chi connectivity index (χ0v) is 16.0. The molecule has 2 rings (SSSR count). The SMILES string of the molecule is CCCNC(=S)N=Nc1c(O)n(CCN(CC)CC)c2ccccc12. The van der Waals surface area contributed by atoms with Crippen molar-refractivity contribution in [2.24, 2.45) is 10.2 Å². The van der Waals surface area contributed by atoms with Crippen molar-refractivity contribution in [1.29, 1.82) is 0 Å². The molecule has 0 aliphatic rings. The van der Waals surface area contributed by atoms with Gasteiger partial charge < -0.3 is 19.9 Å². The topological polar surface area (TPSA) is 65.2 Å². The molecule has 0 fully saturated rings. The van der Waals surface area contributed by atoms with E-state index in [0.717, 1.165) is 43.5 Å². The van der Waals surface area contributed by atoms with E-state index in [2.05, 4.69) is 41.2 Å². The van der Waals surface area contributed by atoms with E-state index in [1.54, 1.807) is 0 Å². The zero-order valence-electron chi connectivity index (χ0n) is 15.2. The van der Waals surface area contributed by atoms with Crippen LogP contribution in [0, 0.1) is 0 Å². The summed E-state index contributed by atoms with van der Waals surface area (Å²) in [5, 5.41) is 23.2. The molecule has 25 heavy (non-hydrogen) atoms. The first kappa shape index (κ1) is 19.3. The van der Waals surface area contributed by atoms with Gasteiger partial charge in [0.25, 0.3) is 0 Å². The fourth-order valence-corrected chi connectivity index (χ4v) is 2.88. The Hall–Kier alpha value is -1.99. The lowest BCUT2D eigenvalue weighted by molar-refractivity contribution is 0.285. The highest BCUT2D eigenvalue weighted by Gasteiger charge is 2.16. The van der Waals surface area contributed by atoms with E-state index < -0.39 is 0 Å². The van der Waals surface area contributed by atoms with Crippen molar-refractivity contribution in [3.63, 3.8) is 0 Å². The maximum atomic E-state index is 10.7. The molecule has 7 heteroatoms. The summed E-state index contributed by atoms with van der Waals surface area (Å²) in [6.07, 6.45) is 0.964. The molecule has 2 aromatic rings. The lowest BCUT2D eigenvalue weighted by atomic mass is 10.2. The van der Waals surface area contributed by atoms with Crippen LogP contribution in [-0.4, -0.2) is 45.9 Å². The molecule has 136 valence electrons. The van der Waals surface area contributed by atoms with E-state index >= 15 is 0 Å². The average Bonchev–Trinajstić information content (AvgIpc) is 2.90. The molecule has 0 spiro atoms. The molecular formula is C18H27N5OS. The highest BCUT2D eigenvalue weighted by atomic mass is 32.1. The predicted molar refractivity (Wildman–Crippen MR) is 107 cm³/mol. The normalized spacial score (nSPS) is 11.7. The zero-order chi connectivity index (χ0) is 18.2. The van der Waals surface area contributed by atoms with Crippen molar-refractivity contribution in [3.8, 4) is 5.88 Å². The molecule has 1 aromatic carbocycles. The third kappa shape index (κ3) is 4.76. The molecule has 0 atom stereocenters. The van der Waals surface area contributed by atoms with Gasteiger partial charge in [-0.05, 0) is 37.8 Å². The standard InChI is InChI=1S/C18H27N5OS/c1-4-11-19-18(25)21-20-16-14-9-7-8-10-15(14)23(17(16)24)13-12-22(5-2)6-3/h7-10,24H,4-6,11-13H2,1-3H3,(H,19,25). The van der Waals surface area contributed by atoms with Gasteiger partial charge in [-0.2, -0.15) is 0 Å². The molecule has 0 saturated heterocycles. The highest BCUT2D eigenvalue weighted by Crippen LogP contribution is 2.38. The fourth-order valence-electron chi connectivity index (χ4n) is 2.74. The predicted octanol–water partition coefficient (Wildman–Crippen LogP) is 4.06. The van der Waals surface area contributed by atoms with Gasteiger partial charge in [-0.15, -0.1) is 10.2 Å². The van der Waals surface area contributed by atoms with Crippen LogP contribution in [0.4, 0.5) is 5.69 Å². The smallest absolute Gasteiger partial charge is 0.220 e. The van der Waals surface area contributed by atoms with Crippen LogP contribution in [0.25, 0.3) is 10.9 Å². The van der Waals surface area contributed by atoms with Crippen LogP contribution in [0.2, 0.25) is 0 Å². The number of hydrogen-bond acceptors (Lipinski definition) is 4. The maximum absolute atomic E-state index is 10.7. The molecule has 1 heterocycles. The second-order valence-corrected chi connectivity index (χ2v) is 6.19. The van der Waals surface area contributed by atoms with Crippen LogP contribution in [-0.2, 0) is 6.54 Å². The van der Waals surface area contributed by atoms with Gasteiger partial charge in [0.05, 0.1) is 5.52 Å². The van der Waals surface area contributed by atoms with Crippen LogP contribution in [0.15, 0.2) is 34.5 Å². The number of nitrogens with zero attached hydrogens (tertiary/aromatic N) is 4. The van der Waals surface area contributed by atoms with Gasteiger partial charge >= 0.3 is 0 Å². The summed E-state index contributed by atoms with van der Waals surface area (Å²) in [6, 6.07) is 7.83. The Kier molecular flexibility index (Phi) is 7.33. The number of aromatic nitrogens is 1. The molecule has 0 saturated carbocycles. The van der Waals surface area contributed by atoms with Crippen LogP contribution < -0.4 is 5.32 Å². The second-order valence-electron chi connectivity index (χ2n) is 5.80. The Morgan fingerprint density at radius 2 is 1.96 bits per heavy atom. The van der Waals surface area contributed by atoms with Crippen molar-refractivity contribution in [1.82, 2.24) is 14.8 Å². The molecule has 0 aliphatic carbocycles. The van der Waals surface area contributed by atoms with Crippen molar-refractivity contribution in [2.45, 2.75) is 33.7 Å². The number of likely N-dealkylation sites (N-methyl/N-ethyl adjacent to an activating group) is 1. The molecule has 2 N–H and O–H groups in total. The number of thiocarbonyl (C=S) groups is 1. The van der Waals surface area contributed by atoms with E-state index in [9.17, 15) is 5.11 Å². The van der Waals surface area contributed by atoms with E-state index in [1.807, 2.05) is 28.8 Å². The molecule has 0 amide bonds. The van der Waals surface area contributed by atoms with Crippen LogP contribution in [0.1, 0.15) is 27.2 Å². The molecule has 1 aromatic heterocycles. The number of azo groups is 1. The Labute approximate surface area is 154 Å². The highest BCUT2D eigenvalue weighted by molar-refractivity contribution is 7.80. The number of nitrogens with one attached hydrogen (secondary N) is 1. The number of para-hydroxylation sites is 1. The lowest BCUT2D eigenvalue weighted by Crippen LogP contribution is -2.26. The third-order valence-corrected chi connectivity index (χ3v) is 4.44. The largest absolute Gasteiger partial charge is 0.493 e. The van der Waals surface area contributed by atoms with Gasteiger partial charge in [0, 0.05) is 25.0 Å². The Morgan fingerprint density at radius 1 is 1.24 bits per heavy atom. The van der Waals surface area contributed by atoms with Gasteiger partial charge in [0.15, 0.2) is 5.69 Å². The first-order chi connectivity index (χ1) is 12.1. The summed E-state index contributed by atoms with van der Waals surface area (Å²) in [6.45, 7) is 10.6. The summed E-state index contributed by atoms with van der Waals surface area (Å²) >= 11 is 5.14. The van der Waals surface area contributed by atoms with Gasteiger partial charge in [-0.3, -0.25) is 0 Å². The second kappa shape index (κ2) is 9.48. The quantitative estimate of drug-likeness (QED) is 0.550. The summed E-state index contributed by atoms with van der Waals surface area (Å²) in [4.78, 5) is 2.32. The summed E-state index contributed by atoms with van der Waals surface area (Å²) in [7, 11) is 0. The van der Waals surface area contributed by atoms with Crippen molar-refractivity contribution in [3.05, 3.63) is 24.3 Å². The summed E-state index contributed by atoms with van der Waals surface area (Å²) in [5.74, 6) is 0.135. The number of benzene rings is 1. The van der Waals surface area contributed by atoms with Crippen molar-refractivity contribution in [2.75, 3.05) is 26.2 Å². The summed E-state index contributed by atoms with van der Waals surface area (Å²) < 4.78 is 1.89. The first-order valence-corrected chi connectivity index (χ1v) is 9.25. The van der Waals surface area contributed by atoms with Crippen LogP contribution in [0.3, 0.4) is 0 Å². The van der Waals surface area contributed by atoms with Crippen molar-refractivity contribution < 1.29 is 5.11 Å². The minimum Gasteiger partial charge on any atom is -0.493 e. The molecule has 0 unspecified atom stereocenters.